The number of rotatable bonds is 16. The number of halogens is 6. The number of fused-ring (bicyclic) bond motifs is 2. The van der Waals surface area contributed by atoms with Crippen molar-refractivity contribution < 1.29 is 41.8 Å². The maximum atomic E-state index is 15.3. The van der Waals surface area contributed by atoms with Gasteiger partial charge in [-0.1, -0.05) is 84.9 Å². The van der Waals surface area contributed by atoms with E-state index in [1.807, 2.05) is 116 Å². The third-order valence-electron chi connectivity index (χ3n) is 26.7. The molecule has 2 N–H and O–H groups in total. The van der Waals surface area contributed by atoms with Gasteiger partial charge >= 0.3 is 17.1 Å². The molecular formula is C92H99Cl3F3N19O9. The molecule has 6 aromatic carbocycles. The molecule has 0 saturated carbocycles. The van der Waals surface area contributed by atoms with Crippen molar-refractivity contribution in [1.82, 2.24) is 78.4 Å². The molecule has 126 heavy (non-hydrogen) atoms. The second-order valence-corrected chi connectivity index (χ2v) is 36.0. The highest BCUT2D eigenvalue weighted by atomic mass is 35.5. The van der Waals surface area contributed by atoms with Gasteiger partial charge in [-0.15, -0.1) is 0 Å². The van der Waals surface area contributed by atoms with Crippen molar-refractivity contribution in [2.45, 2.75) is 135 Å². The van der Waals surface area contributed by atoms with Crippen molar-refractivity contribution in [3.8, 4) is 50.6 Å². The number of amides is 3. The first-order valence-corrected chi connectivity index (χ1v) is 44.2. The molecule has 34 heteroatoms. The zero-order valence-electron chi connectivity index (χ0n) is 71.4. The topological polar surface area (TPSA) is 270 Å². The van der Waals surface area contributed by atoms with E-state index in [2.05, 4.69) is 69.6 Å². The smallest absolute Gasteiger partial charge is 0.350 e. The molecule has 0 radical (unpaired) electrons. The molecule has 658 valence electrons. The molecule has 9 aliphatic rings. The highest BCUT2D eigenvalue weighted by molar-refractivity contribution is 6.37. The Labute approximate surface area is 739 Å². The van der Waals surface area contributed by atoms with Crippen LogP contribution in [0, 0.1) is 19.7 Å². The highest BCUT2D eigenvalue weighted by Crippen LogP contribution is 2.54. The van der Waals surface area contributed by atoms with Gasteiger partial charge in [-0.3, -0.25) is 38.3 Å². The summed E-state index contributed by atoms with van der Waals surface area (Å²) in [5.41, 5.74) is 6.89. The van der Waals surface area contributed by atoms with Crippen molar-refractivity contribution in [1.29, 1.82) is 0 Å². The molecule has 20 rings (SSSR count). The van der Waals surface area contributed by atoms with E-state index in [0.717, 1.165) is 150 Å². The number of hydrogen-bond acceptors (Lipinski definition) is 20. The van der Waals surface area contributed by atoms with E-state index in [-0.39, 0.29) is 106 Å². The summed E-state index contributed by atoms with van der Waals surface area (Å²) in [6.45, 7) is 38.3. The lowest BCUT2D eigenvalue weighted by Gasteiger charge is -2.45. The van der Waals surface area contributed by atoms with Gasteiger partial charge in [0.2, 0.25) is 17.7 Å². The highest BCUT2D eigenvalue weighted by Gasteiger charge is 2.43. The Balaban J connectivity index is 0.000000128. The summed E-state index contributed by atoms with van der Waals surface area (Å²) < 4.78 is 68.2. The molecule has 11 aromatic rings. The van der Waals surface area contributed by atoms with E-state index in [1.165, 1.54) is 24.3 Å². The minimum absolute atomic E-state index is 0.000106. The molecule has 3 amide bonds. The third kappa shape index (κ3) is 14.8. The van der Waals surface area contributed by atoms with Gasteiger partial charge in [-0.25, -0.2) is 27.6 Å². The number of carbonyl (C=O) groups excluding carboxylic acids is 3. The molecule has 14 heterocycles. The van der Waals surface area contributed by atoms with Crippen LogP contribution in [0.15, 0.2) is 125 Å². The molecule has 6 fully saturated rings. The van der Waals surface area contributed by atoms with E-state index in [9.17, 15) is 37.5 Å². The summed E-state index contributed by atoms with van der Waals surface area (Å²) >= 11 is 21.1. The molecule has 0 bridgehead atoms. The van der Waals surface area contributed by atoms with E-state index >= 15 is 4.39 Å². The fourth-order valence-electron chi connectivity index (χ4n) is 19.9. The molecule has 5 aromatic heterocycles. The first-order chi connectivity index (χ1) is 60.6. The second-order valence-electron chi connectivity index (χ2n) is 34.8. The van der Waals surface area contributed by atoms with Crippen LogP contribution in [-0.2, 0) is 14.4 Å². The summed E-state index contributed by atoms with van der Waals surface area (Å²) in [5, 5.41) is 19.7. The van der Waals surface area contributed by atoms with Gasteiger partial charge in [0.15, 0.2) is 17.2 Å². The lowest BCUT2D eigenvalue weighted by atomic mass is 9.94. The summed E-state index contributed by atoms with van der Waals surface area (Å²) in [6.07, 6.45) is 8.00. The fraction of sp³-hybridized carbons (Fsp3) is 0.424. The molecule has 3 unspecified atom stereocenters. The first kappa shape index (κ1) is 85.4. The molecule has 0 spiro atoms. The van der Waals surface area contributed by atoms with Crippen molar-refractivity contribution in [2.75, 3.05) is 133 Å². The molecule has 6 saturated heterocycles. The standard InChI is InChI=1S/2C31H34ClN7O3.C30H31ClF3N5O3/c1-5-25(40)37-13-19(4)38(14-18(37)3)30-21-11-23(32)27(26-17(2)7-8-24-22(26)12-33-35-24)29-28(21)39(31(41)34-30)20(16-42-29)15-36-9-6-10-36;1-5-24(40)37-13-19(4)38(14-18(37)3)30-22-11-23(32)26(25-17(2)7-8-20-12-33-35-27(20)25)29-28(22)39(31(41)34-30)21(16-42-29)15-36-9-6-10-36;1-4-23(40)37-12-17(3)38(13-16(37)2)29-20-11-21(31)25(24-19(28(33)34)7-5-8-22(24)32)27-26(20)39(30(41)35-29)18(15-42-27)14-36-9-6-10-36/h5,7-8,11-12,18-20H,1,6,9-10,13-16H2,2-4H3,(H,33,35);5,7-8,11-12,18-19,21H,1,6,9-10,13-16H2,2-4H3,(H,33,35);4-5,7-8,11,16-18,28H,1,6,9-10,12-15H2,2-3H3/t18-,19+,20?;18-,19+,21?;16-,17+,18?/m111/s1. The van der Waals surface area contributed by atoms with Crippen LogP contribution >= 0.6 is 34.8 Å². The number of nitrogens with zero attached hydrogens (tertiary/aromatic N) is 17. The number of likely N-dealkylation sites (tertiary alicyclic amines) is 3. The second kappa shape index (κ2) is 34.1. The number of benzene rings is 6. The number of carbonyl (C=O) groups is 3. The number of H-pyrrole nitrogens is 2. The van der Waals surface area contributed by atoms with Crippen LogP contribution in [0.25, 0.3) is 87.9 Å². The van der Waals surface area contributed by atoms with Crippen molar-refractivity contribution >= 4 is 124 Å². The third-order valence-corrected chi connectivity index (χ3v) is 27.6. The summed E-state index contributed by atoms with van der Waals surface area (Å²) in [5.74, 6) is 1.48. The van der Waals surface area contributed by atoms with E-state index in [4.69, 9.17) is 59.0 Å². The van der Waals surface area contributed by atoms with Crippen LogP contribution in [0.1, 0.15) is 102 Å². The zero-order valence-corrected chi connectivity index (χ0v) is 73.7. The molecule has 0 aliphatic carbocycles. The van der Waals surface area contributed by atoms with Crippen LogP contribution in [0.3, 0.4) is 0 Å². The Morgan fingerprint density at radius 3 is 1.23 bits per heavy atom. The average Bonchev–Trinajstić information content (AvgIpc) is 0.855. The van der Waals surface area contributed by atoms with Crippen LogP contribution < -0.4 is 46.0 Å². The molecule has 9 atom stereocenters. The van der Waals surface area contributed by atoms with Crippen LogP contribution in [0.2, 0.25) is 15.1 Å². The summed E-state index contributed by atoms with van der Waals surface area (Å²) in [4.78, 5) is 112. The van der Waals surface area contributed by atoms with Crippen LogP contribution in [0.5, 0.6) is 17.2 Å². The van der Waals surface area contributed by atoms with E-state index in [1.54, 1.807) is 27.9 Å². The number of aromatic amines is 2. The lowest BCUT2D eigenvalue weighted by Crippen LogP contribution is -2.58. The number of hydrogen-bond donors (Lipinski definition) is 2. The van der Waals surface area contributed by atoms with Crippen molar-refractivity contribution in [3.05, 3.63) is 180 Å². The number of piperazine rings is 3. The Morgan fingerprint density at radius 2 is 0.849 bits per heavy atom. The number of alkyl halides is 2. The summed E-state index contributed by atoms with van der Waals surface area (Å²) in [7, 11) is 0. The molecular weight excluding hydrogens is 1680 g/mol. The van der Waals surface area contributed by atoms with Gasteiger partial charge in [0, 0.05) is 161 Å². The van der Waals surface area contributed by atoms with Crippen LogP contribution in [-0.4, -0.2) is 250 Å². The molecule has 9 aliphatic heterocycles. The SMILES string of the molecule is C=CC(=O)N1C[C@H](C)N(c2nc(=O)n3c4c(c(-c5c(C)ccc6[nH]ncc56)c(Cl)cc24)OCC3CN2CCC2)C[C@H]1C.C=CC(=O)N1C[C@H](C)N(c2nc(=O)n3c4c(c(-c5c(C)ccc6cn[nH]c56)c(Cl)cc24)OCC3CN2CCC2)C[C@H]1C.C=CC(=O)N1C[C@H](C)N(c2nc(=O)n3c4c(c(-c5c(F)cccc5C(F)F)c(Cl)cc24)OCC3CN2CCC2)C[C@H]1C. The monoisotopic (exact) mass is 1780 g/mol. The summed E-state index contributed by atoms with van der Waals surface area (Å²) in [6, 6.07) is 15.5. The van der Waals surface area contributed by atoms with Gasteiger partial charge in [-0.05, 0) is 174 Å². The number of ether oxygens (including phenoxy) is 3. The fourth-order valence-corrected chi connectivity index (χ4v) is 20.8. The van der Waals surface area contributed by atoms with Crippen molar-refractivity contribution in [3.63, 3.8) is 0 Å². The minimum atomic E-state index is -2.97. The Kier molecular flexibility index (Phi) is 23.1. The van der Waals surface area contributed by atoms with Crippen LogP contribution in [0.4, 0.5) is 30.6 Å². The predicted octanol–water partition coefficient (Wildman–Crippen LogP) is 13.3. The maximum absolute atomic E-state index is 15.3. The number of anilines is 3. The molecule has 28 nitrogen and oxygen atoms in total. The average molecular weight is 1780 g/mol. The van der Waals surface area contributed by atoms with Gasteiger partial charge in [0.25, 0.3) is 6.43 Å². The minimum Gasteiger partial charge on any atom is -0.488 e. The number of aryl methyl sites for hydroxylation is 2. The van der Waals surface area contributed by atoms with E-state index < -0.39 is 29.5 Å². The largest absolute Gasteiger partial charge is 0.488 e. The van der Waals surface area contributed by atoms with Gasteiger partial charge in [-0.2, -0.15) is 25.1 Å². The van der Waals surface area contributed by atoms with Gasteiger partial charge < -0.3 is 58.3 Å². The van der Waals surface area contributed by atoms with Gasteiger partial charge in [0.05, 0.1) is 73.2 Å². The Morgan fingerprint density at radius 1 is 0.476 bits per heavy atom. The Hall–Kier alpha value is -11.4. The zero-order chi connectivity index (χ0) is 88.4. The number of nitrogens with one attached hydrogen (secondary N) is 2. The van der Waals surface area contributed by atoms with E-state index in [0.29, 0.717) is 120 Å². The van der Waals surface area contributed by atoms with Crippen molar-refractivity contribution in [2.24, 2.45) is 0 Å². The lowest BCUT2D eigenvalue weighted by molar-refractivity contribution is -0.129. The van der Waals surface area contributed by atoms with Gasteiger partial charge in [0.1, 0.15) is 43.1 Å². The quantitative estimate of drug-likeness (QED) is 0.0851. The maximum Gasteiger partial charge on any atom is 0.350 e. The predicted molar refractivity (Wildman–Crippen MR) is 484 cm³/mol. The number of aromatic nitrogens is 10. The first-order valence-electron chi connectivity index (χ1n) is 43.1. The Bertz CT molecular complexity index is 6220. The normalized spacial score (nSPS) is 22.3.